The molecule has 1 fully saturated rings. The Hall–Kier alpha value is -3.80. The van der Waals surface area contributed by atoms with Crippen molar-refractivity contribution in [2.24, 2.45) is 5.92 Å². The number of carbonyl (C=O) groups is 2. The Morgan fingerprint density at radius 2 is 1.97 bits per heavy atom. The van der Waals surface area contributed by atoms with Crippen LogP contribution in [0, 0.1) is 5.92 Å². The highest BCUT2D eigenvalue weighted by Gasteiger charge is 2.32. The van der Waals surface area contributed by atoms with E-state index >= 15 is 0 Å². The summed E-state index contributed by atoms with van der Waals surface area (Å²) in [7, 11) is -3.88. The van der Waals surface area contributed by atoms with Crippen LogP contribution in [0.3, 0.4) is 0 Å². The lowest BCUT2D eigenvalue weighted by atomic mass is 10.0. The van der Waals surface area contributed by atoms with Gasteiger partial charge < -0.3 is 20.7 Å². The van der Waals surface area contributed by atoms with Crippen LogP contribution in [0.2, 0.25) is 0 Å². The van der Waals surface area contributed by atoms with Gasteiger partial charge in [0.05, 0.1) is 28.6 Å². The number of benzene rings is 2. The van der Waals surface area contributed by atoms with Gasteiger partial charge in [0, 0.05) is 59.7 Å². The maximum atomic E-state index is 13.2. The van der Waals surface area contributed by atoms with Crippen molar-refractivity contribution in [3.8, 4) is 16.3 Å². The summed E-state index contributed by atoms with van der Waals surface area (Å²) in [5.74, 6) is 0.843. The minimum absolute atomic E-state index is 0.0246. The van der Waals surface area contributed by atoms with Crippen molar-refractivity contribution >= 4 is 38.6 Å². The number of anilines is 1. The van der Waals surface area contributed by atoms with Crippen molar-refractivity contribution in [2.75, 3.05) is 31.6 Å². The molecule has 3 N–H and O–H groups in total. The first-order chi connectivity index (χ1) is 18.9. The molecule has 0 saturated carbocycles. The zero-order chi connectivity index (χ0) is 27.0. The number of hydrogen-bond acceptors (Lipinski definition) is 9. The highest BCUT2D eigenvalue weighted by atomic mass is 32.2. The van der Waals surface area contributed by atoms with Gasteiger partial charge in [-0.05, 0) is 48.5 Å². The Morgan fingerprint density at radius 3 is 2.74 bits per heavy atom. The SMILES string of the molecule is O=C1CC=CC2=C1CNc1cc(C(=O)NCc3cnc(-c4ccc(OCC5CNC5)cc4)s3)ccc1S2(=O)=O. The molecule has 0 atom stereocenters. The van der Waals surface area contributed by atoms with Crippen molar-refractivity contribution in [3.05, 3.63) is 81.7 Å². The van der Waals surface area contributed by atoms with Gasteiger partial charge in [-0.1, -0.05) is 6.08 Å². The minimum Gasteiger partial charge on any atom is -0.493 e. The summed E-state index contributed by atoms with van der Waals surface area (Å²) in [5, 5.41) is 9.99. The number of Topliss-reactive ketones (excluding diaryl/α,β-unsaturated/α-hetero) is 1. The number of nitrogens with zero attached hydrogens (tertiary/aromatic N) is 1. The molecule has 0 spiro atoms. The van der Waals surface area contributed by atoms with E-state index in [1.54, 1.807) is 12.3 Å². The lowest BCUT2D eigenvalue weighted by molar-refractivity contribution is -0.114. The van der Waals surface area contributed by atoms with Crippen molar-refractivity contribution in [1.29, 1.82) is 0 Å². The number of rotatable bonds is 7. The lowest BCUT2D eigenvalue weighted by Gasteiger charge is -2.26. The monoisotopic (exact) mass is 562 g/mol. The molecule has 1 saturated heterocycles. The first kappa shape index (κ1) is 25.5. The molecule has 0 radical (unpaired) electrons. The number of aromatic nitrogens is 1. The Morgan fingerprint density at radius 1 is 1.15 bits per heavy atom. The third kappa shape index (κ3) is 5.12. The van der Waals surface area contributed by atoms with Crippen LogP contribution in [0.25, 0.3) is 10.6 Å². The van der Waals surface area contributed by atoms with Crippen LogP contribution in [0.15, 0.2) is 76.2 Å². The zero-order valence-electron chi connectivity index (χ0n) is 20.9. The lowest BCUT2D eigenvalue weighted by Crippen LogP contribution is -2.45. The molecule has 9 nitrogen and oxygen atoms in total. The number of carbonyl (C=O) groups excluding carboxylic acids is 2. The molecule has 200 valence electrons. The average Bonchev–Trinajstić information content (AvgIpc) is 3.35. The van der Waals surface area contributed by atoms with E-state index in [-0.39, 0.29) is 46.6 Å². The second-order valence-electron chi connectivity index (χ2n) is 9.61. The van der Waals surface area contributed by atoms with E-state index in [0.717, 1.165) is 34.3 Å². The molecule has 3 aromatic rings. The van der Waals surface area contributed by atoms with E-state index in [1.807, 2.05) is 24.3 Å². The summed E-state index contributed by atoms with van der Waals surface area (Å²) in [6.45, 7) is 3.08. The third-order valence-corrected chi connectivity index (χ3v) is 9.86. The van der Waals surface area contributed by atoms with Crippen molar-refractivity contribution in [3.63, 3.8) is 0 Å². The molecule has 1 aliphatic carbocycles. The summed E-state index contributed by atoms with van der Waals surface area (Å²) in [6, 6.07) is 12.2. The molecule has 3 heterocycles. The van der Waals surface area contributed by atoms with Crippen LogP contribution >= 0.6 is 11.3 Å². The number of nitrogens with one attached hydrogen (secondary N) is 3. The maximum absolute atomic E-state index is 13.2. The predicted octanol–water partition coefficient (Wildman–Crippen LogP) is 3.32. The van der Waals surface area contributed by atoms with Crippen molar-refractivity contribution in [1.82, 2.24) is 15.6 Å². The molecule has 2 aliphatic heterocycles. The largest absolute Gasteiger partial charge is 0.493 e. The molecule has 1 amide bonds. The second kappa shape index (κ2) is 10.4. The summed E-state index contributed by atoms with van der Waals surface area (Å²) >= 11 is 1.49. The minimum atomic E-state index is -3.88. The fourth-order valence-corrected chi connectivity index (χ4v) is 7.13. The molecule has 6 rings (SSSR count). The summed E-state index contributed by atoms with van der Waals surface area (Å²) in [4.78, 5) is 30.6. The number of amides is 1. The Labute approximate surface area is 229 Å². The van der Waals surface area contributed by atoms with Crippen LogP contribution in [0.5, 0.6) is 5.75 Å². The number of fused-ring (bicyclic) bond motifs is 1. The summed E-state index contributed by atoms with van der Waals surface area (Å²) < 4.78 is 32.2. The van der Waals surface area contributed by atoms with Gasteiger partial charge in [0.15, 0.2) is 5.78 Å². The molecule has 0 unspecified atom stereocenters. The molecular weight excluding hydrogens is 536 g/mol. The van der Waals surface area contributed by atoms with Gasteiger partial charge in [-0.3, -0.25) is 9.59 Å². The third-order valence-electron chi connectivity index (χ3n) is 6.91. The molecule has 11 heteroatoms. The molecule has 2 aromatic carbocycles. The van der Waals surface area contributed by atoms with E-state index in [0.29, 0.717) is 23.8 Å². The maximum Gasteiger partial charge on any atom is 0.251 e. The fraction of sp³-hybridized carbons (Fsp3) is 0.250. The van der Waals surface area contributed by atoms with Gasteiger partial charge in [0.25, 0.3) is 5.91 Å². The van der Waals surface area contributed by atoms with Gasteiger partial charge in [0.2, 0.25) is 9.84 Å². The quantitative estimate of drug-likeness (QED) is 0.400. The predicted molar refractivity (Wildman–Crippen MR) is 148 cm³/mol. The van der Waals surface area contributed by atoms with Crippen molar-refractivity contribution < 1.29 is 22.7 Å². The van der Waals surface area contributed by atoms with Gasteiger partial charge in [-0.15, -0.1) is 11.3 Å². The smallest absolute Gasteiger partial charge is 0.251 e. The van der Waals surface area contributed by atoms with E-state index in [2.05, 4.69) is 20.9 Å². The number of thiazole rings is 1. The Balaban J connectivity index is 1.10. The fourth-order valence-electron chi connectivity index (χ4n) is 4.58. The first-order valence-corrected chi connectivity index (χ1v) is 14.9. The highest BCUT2D eigenvalue weighted by Crippen LogP contribution is 2.35. The number of ketones is 1. The number of hydrogen-bond donors (Lipinski definition) is 3. The number of allylic oxidation sites excluding steroid dienone is 2. The number of ether oxygens (including phenoxy) is 1. The van der Waals surface area contributed by atoms with Crippen LogP contribution in [0.1, 0.15) is 21.7 Å². The zero-order valence-corrected chi connectivity index (χ0v) is 22.5. The van der Waals surface area contributed by atoms with E-state index in [9.17, 15) is 18.0 Å². The highest BCUT2D eigenvalue weighted by molar-refractivity contribution is 7.95. The summed E-state index contributed by atoms with van der Waals surface area (Å²) in [5.41, 5.74) is 1.83. The summed E-state index contributed by atoms with van der Waals surface area (Å²) in [6.07, 6.45) is 4.97. The molecule has 0 bridgehead atoms. The Bertz CT molecular complexity index is 1620. The van der Waals surface area contributed by atoms with Gasteiger partial charge >= 0.3 is 0 Å². The molecular formula is C28H26N4O5S2. The van der Waals surface area contributed by atoms with E-state index in [1.165, 1.54) is 35.6 Å². The second-order valence-corrected chi connectivity index (χ2v) is 12.6. The van der Waals surface area contributed by atoms with Gasteiger partial charge in [-0.25, -0.2) is 13.4 Å². The standard InChI is InChI=1S/C28H26N4O5S2/c33-24-2-1-3-25-22(24)15-30-23-10-19(6-9-26(23)39(25,35)36)27(34)31-13-21-14-32-28(38-21)18-4-7-20(8-5-18)37-16-17-11-29-12-17/h1,3-10,14,17,29-30H,2,11-13,15-16H2,(H,31,34). The van der Waals surface area contributed by atoms with Gasteiger partial charge in [-0.2, -0.15) is 0 Å². The van der Waals surface area contributed by atoms with E-state index in [4.69, 9.17) is 4.74 Å². The van der Waals surface area contributed by atoms with Crippen molar-refractivity contribution in [2.45, 2.75) is 17.9 Å². The normalized spacial score (nSPS) is 17.9. The Kier molecular flexibility index (Phi) is 6.79. The van der Waals surface area contributed by atoms with Crippen LogP contribution < -0.4 is 20.7 Å². The van der Waals surface area contributed by atoms with Crippen LogP contribution in [0.4, 0.5) is 5.69 Å². The van der Waals surface area contributed by atoms with E-state index < -0.39 is 9.84 Å². The van der Waals surface area contributed by atoms with Crippen LogP contribution in [-0.2, 0) is 21.2 Å². The van der Waals surface area contributed by atoms with Gasteiger partial charge in [0.1, 0.15) is 10.8 Å². The number of sulfone groups is 1. The molecule has 3 aliphatic rings. The van der Waals surface area contributed by atoms with Crippen LogP contribution in [-0.4, -0.2) is 51.3 Å². The molecule has 1 aromatic heterocycles. The first-order valence-electron chi connectivity index (χ1n) is 12.6. The average molecular weight is 563 g/mol. The topological polar surface area (TPSA) is 126 Å². The molecule has 39 heavy (non-hydrogen) atoms.